The van der Waals surface area contributed by atoms with Gasteiger partial charge in [-0.3, -0.25) is 9.69 Å². The van der Waals surface area contributed by atoms with Crippen LogP contribution >= 0.6 is 0 Å². The van der Waals surface area contributed by atoms with Crippen LogP contribution in [0.4, 0.5) is 4.39 Å². The second-order valence-electron chi connectivity index (χ2n) is 6.68. The number of H-pyrrole nitrogens is 1. The van der Waals surface area contributed by atoms with E-state index in [1.807, 2.05) is 6.07 Å². The molecule has 0 bridgehead atoms. The molecule has 3 rings (SSSR count). The van der Waals surface area contributed by atoms with Gasteiger partial charge in [-0.2, -0.15) is 0 Å². The van der Waals surface area contributed by atoms with Gasteiger partial charge in [0.1, 0.15) is 5.82 Å². The Morgan fingerprint density at radius 1 is 1.21 bits per heavy atom. The Labute approximate surface area is 141 Å². The molecule has 0 fully saturated rings. The van der Waals surface area contributed by atoms with Crippen LogP contribution in [0.1, 0.15) is 49.8 Å². The van der Waals surface area contributed by atoms with Crippen LogP contribution < -0.4 is 0 Å². The molecule has 0 unspecified atom stereocenters. The summed E-state index contributed by atoms with van der Waals surface area (Å²) in [4.78, 5) is 16.2. The zero-order valence-corrected chi connectivity index (χ0v) is 14.0. The van der Waals surface area contributed by atoms with Crippen molar-refractivity contribution in [3.8, 4) is 0 Å². The fraction of sp³-hybridized carbons (Fsp3) is 0.526. The first-order valence-electron chi connectivity index (χ1n) is 8.87. The number of nitrogens with one attached hydrogen (secondary N) is 1. The summed E-state index contributed by atoms with van der Waals surface area (Å²) in [5, 5.41) is 9.63. The molecule has 0 radical (unpaired) electrons. The number of benzene rings is 1. The quantitative estimate of drug-likeness (QED) is 0.716. The summed E-state index contributed by atoms with van der Waals surface area (Å²) in [6.07, 6.45) is 6.39. The first-order valence-corrected chi connectivity index (χ1v) is 8.87. The van der Waals surface area contributed by atoms with E-state index in [4.69, 9.17) is 5.11 Å². The summed E-state index contributed by atoms with van der Waals surface area (Å²) in [6, 6.07) is 5.29. The summed E-state index contributed by atoms with van der Waals surface area (Å²) in [7, 11) is 0. The number of para-hydroxylation sites is 1. The number of unbranched alkanes of at least 4 members (excludes halogenated alkanes) is 4. The molecule has 0 spiro atoms. The van der Waals surface area contributed by atoms with E-state index in [-0.39, 0.29) is 12.2 Å². The van der Waals surface area contributed by atoms with Crippen LogP contribution in [-0.4, -0.2) is 34.0 Å². The average Bonchev–Trinajstić information content (AvgIpc) is 2.93. The van der Waals surface area contributed by atoms with Gasteiger partial charge in [-0.25, -0.2) is 4.39 Å². The van der Waals surface area contributed by atoms with Gasteiger partial charge in [0, 0.05) is 37.0 Å². The monoisotopic (exact) mass is 332 g/mol. The Morgan fingerprint density at radius 2 is 2.00 bits per heavy atom. The summed E-state index contributed by atoms with van der Waals surface area (Å²) < 4.78 is 13.9. The number of halogens is 1. The number of fused-ring (bicyclic) bond motifs is 3. The van der Waals surface area contributed by atoms with Gasteiger partial charge in [-0.15, -0.1) is 0 Å². The highest BCUT2D eigenvalue weighted by atomic mass is 19.1. The summed E-state index contributed by atoms with van der Waals surface area (Å²) >= 11 is 0. The second-order valence-corrected chi connectivity index (χ2v) is 6.68. The fourth-order valence-electron chi connectivity index (χ4n) is 3.59. The van der Waals surface area contributed by atoms with Gasteiger partial charge in [0.05, 0.1) is 5.52 Å². The number of hydrogen-bond donors (Lipinski definition) is 2. The maximum atomic E-state index is 13.9. The van der Waals surface area contributed by atoms with Crippen LogP contribution in [-0.2, 0) is 17.8 Å². The largest absolute Gasteiger partial charge is 0.481 e. The van der Waals surface area contributed by atoms with Gasteiger partial charge in [0.15, 0.2) is 0 Å². The van der Waals surface area contributed by atoms with Crippen LogP contribution in [0, 0.1) is 5.82 Å². The number of carbonyl (C=O) groups is 1. The SMILES string of the molecule is O=C(O)CCCCCCCN1CCc2[nH]c3c(F)cccc3c2C1. The van der Waals surface area contributed by atoms with Crippen molar-refractivity contribution in [2.45, 2.75) is 51.5 Å². The van der Waals surface area contributed by atoms with Gasteiger partial charge in [0.2, 0.25) is 0 Å². The number of aromatic nitrogens is 1. The first-order chi connectivity index (χ1) is 11.6. The number of aliphatic carboxylic acids is 1. The highest BCUT2D eigenvalue weighted by Gasteiger charge is 2.21. The molecule has 2 N–H and O–H groups in total. The van der Waals surface area contributed by atoms with Gasteiger partial charge in [-0.1, -0.05) is 31.4 Å². The van der Waals surface area contributed by atoms with Gasteiger partial charge >= 0.3 is 5.97 Å². The highest BCUT2D eigenvalue weighted by Crippen LogP contribution is 2.29. The molecule has 1 aliphatic rings. The van der Waals surface area contributed by atoms with E-state index in [1.165, 1.54) is 17.3 Å². The number of aromatic amines is 1. The van der Waals surface area contributed by atoms with Crippen molar-refractivity contribution in [3.63, 3.8) is 0 Å². The molecule has 0 amide bonds. The van der Waals surface area contributed by atoms with Crippen molar-refractivity contribution in [2.24, 2.45) is 0 Å². The molecule has 4 nitrogen and oxygen atoms in total. The normalized spacial score (nSPS) is 14.9. The predicted molar refractivity (Wildman–Crippen MR) is 92.6 cm³/mol. The zero-order chi connectivity index (χ0) is 16.9. The minimum absolute atomic E-state index is 0.171. The minimum atomic E-state index is -0.700. The lowest BCUT2D eigenvalue weighted by atomic mass is 10.0. The lowest BCUT2D eigenvalue weighted by molar-refractivity contribution is -0.137. The molecule has 1 aliphatic heterocycles. The van der Waals surface area contributed by atoms with Crippen LogP contribution in [0.25, 0.3) is 10.9 Å². The van der Waals surface area contributed by atoms with Crippen molar-refractivity contribution in [1.29, 1.82) is 0 Å². The standard InChI is InChI=1S/C19H25FN2O2/c20-16-8-6-7-14-15-13-22(12-10-17(15)21-19(14)16)11-5-3-1-2-4-9-18(23)24/h6-8,21H,1-5,9-13H2,(H,23,24). The molecule has 1 aromatic carbocycles. The third-order valence-electron chi connectivity index (χ3n) is 4.90. The van der Waals surface area contributed by atoms with Crippen LogP contribution in [0.2, 0.25) is 0 Å². The molecule has 1 aromatic heterocycles. The maximum Gasteiger partial charge on any atom is 0.303 e. The Morgan fingerprint density at radius 3 is 2.83 bits per heavy atom. The molecule has 5 heteroatoms. The van der Waals surface area contributed by atoms with E-state index in [2.05, 4.69) is 9.88 Å². The lowest BCUT2D eigenvalue weighted by Crippen LogP contribution is -2.31. The zero-order valence-electron chi connectivity index (χ0n) is 14.0. The van der Waals surface area contributed by atoms with E-state index in [9.17, 15) is 9.18 Å². The predicted octanol–water partition coefficient (Wildman–Crippen LogP) is 4.09. The van der Waals surface area contributed by atoms with Gasteiger partial charge < -0.3 is 10.1 Å². The second kappa shape index (κ2) is 7.79. The van der Waals surface area contributed by atoms with Gasteiger partial charge in [-0.05, 0) is 31.0 Å². The third-order valence-corrected chi connectivity index (χ3v) is 4.90. The summed E-state index contributed by atoms with van der Waals surface area (Å²) in [5.74, 6) is -0.871. The number of carboxylic acids is 1. The molecule has 0 saturated carbocycles. The number of carboxylic acid groups (broad SMARTS) is 1. The Bertz CT molecular complexity index is 711. The number of nitrogens with zero attached hydrogens (tertiary/aromatic N) is 1. The van der Waals surface area contributed by atoms with E-state index < -0.39 is 5.97 Å². The van der Waals surface area contributed by atoms with E-state index in [0.717, 1.165) is 63.5 Å². The van der Waals surface area contributed by atoms with Crippen molar-refractivity contribution in [3.05, 3.63) is 35.3 Å². The van der Waals surface area contributed by atoms with Crippen molar-refractivity contribution in [2.75, 3.05) is 13.1 Å². The van der Waals surface area contributed by atoms with Crippen molar-refractivity contribution < 1.29 is 14.3 Å². The molecule has 0 saturated heterocycles. The Kier molecular flexibility index (Phi) is 5.51. The fourth-order valence-corrected chi connectivity index (χ4v) is 3.59. The molecule has 0 atom stereocenters. The van der Waals surface area contributed by atoms with Gasteiger partial charge in [0.25, 0.3) is 0 Å². The van der Waals surface area contributed by atoms with Crippen LogP contribution in [0.3, 0.4) is 0 Å². The molecule has 24 heavy (non-hydrogen) atoms. The maximum absolute atomic E-state index is 13.9. The molecule has 0 aliphatic carbocycles. The summed E-state index contributed by atoms with van der Waals surface area (Å²) in [6.45, 7) is 2.96. The van der Waals surface area contributed by atoms with Crippen LogP contribution in [0.5, 0.6) is 0 Å². The molecule has 2 aromatic rings. The highest BCUT2D eigenvalue weighted by molar-refractivity contribution is 5.85. The Hall–Kier alpha value is -1.88. The molecular weight excluding hydrogens is 307 g/mol. The summed E-state index contributed by atoms with van der Waals surface area (Å²) in [5.41, 5.74) is 3.07. The molecule has 2 heterocycles. The third kappa shape index (κ3) is 3.96. The van der Waals surface area contributed by atoms with E-state index >= 15 is 0 Å². The topological polar surface area (TPSA) is 56.3 Å². The number of hydrogen-bond acceptors (Lipinski definition) is 2. The average molecular weight is 332 g/mol. The minimum Gasteiger partial charge on any atom is -0.481 e. The Balaban J connectivity index is 1.46. The van der Waals surface area contributed by atoms with E-state index in [0.29, 0.717) is 5.52 Å². The van der Waals surface area contributed by atoms with E-state index in [1.54, 1.807) is 6.07 Å². The smallest absolute Gasteiger partial charge is 0.303 e. The van der Waals surface area contributed by atoms with Crippen LogP contribution in [0.15, 0.2) is 18.2 Å². The lowest BCUT2D eigenvalue weighted by Gasteiger charge is -2.27. The first kappa shape index (κ1) is 17.0. The van der Waals surface area contributed by atoms with Crippen molar-refractivity contribution >= 4 is 16.9 Å². The number of rotatable bonds is 8. The molecule has 130 valence electrons. The molecular formula is C19H25FN2O2. The van der Waals surface area contributed by atoms with Crippen molar-refractivity contribution in [1.82, 2.24) is 9.88 Å².